The van der Waals surface area contributed by atoms with Crippen molar-refractivity contribution in [3.05, 3.63) is 101 Å². The van der Waals surface area contributed by atoms with Crippen LogP contribution >= 0.6 is 11.3 Å². The van der Waals surface area contributed by atoms with Crippen molar-refractivity contribution < 1.29 is 4.79 Å². The number of aromatic nitrogens is 2. The normalized spacial score (nSPS) is 11.8. The van der Waals surface area contributed by atoms with E-state index < -0.39 is 0 Å². The molecule has 4 nitrogen and oxygen atoms in total. The van der Waals surface area contributed by atoms with Crippen molar-refractivity contribution in [3.63, 3.8) is 0 Å². The van der Waals surface area contributed by atoms with Crippen LogP contribution in [0.4, 0.5) is 5.82 Å². The largest absolute Gasteiger partial charge is 0.311 e. The standard InChI is InChI=1S/C27H27N3OS/c1-19-7-6-10-22(15-19)16-20(2)24-18-32-27(29-24)23-13-14-28-25(17-23)30-26(31)12-11-21-8-4-3-5-9-21/h3-10,13-15,17-18,20H,11-12,16H2,1-2H3,(H,28,30,31). The van der Waals surface area contributed by atoms with E-state index in [1.807, 2.05) is 42.5 Å². The van der Waals surface area contributed by atoms with Crippen molar-refractivity contribution in [1.82, 2.24) is 9.97 Å². The second kappa shape index (κ2) is 10.3. The third kappa shape index (κ3) is 5.89. The van der Waals surface area contributed by atoms with Crippen molar-refractivity contribution in [3.8, 4) is 10.6 Å². The number of amides is 1. The van der Waals surface area contributed by atoms with Crippen LogP contribution in [0.2, 0.25) is 0 Å². The molecular formula is C27H27N3OS. The molecule has 0 radical (unpaired) electrons. The predicted octanol–water partition coefficient (Wildman–Crippen LogP) is 6.43. The Morgan fingerprint density at radius 3 is 2.66 bits per heavy atom. The van der Waals surface area contributed by atoms with E-state index in [1.165, 1.54) is 11.1 Å². The number of nitrogens with zero attached hydrogens (tertiary/aromatic N) is 2. The summed E-state index contributed by atoms with van der Waals surface area (Å²) in [5.41, 5.74) is 5.83. The molecule has 32 heavy (non-hydrogen) atoms. The molecule has 0 aliphatic carbocycles. The smallest absolute Gasteiger partial charge is 0.225 e. The SMILES string of the molecule is Cc1cccc(CC(C)c2csc(-c3ccnc(NC(=O)CCc4ccccc4)c3)n2)c1. The Bertz CT molecular complexity index is 1190. The second-order valence-electron chi connectivity index (χ2n) is 8.14. The summed E-state index contributed by atoms with van der Waals surface area (Å²) in [4.78, 5) is 21.5. The Morgan fingerprint density at radius 1 is 1.03 bits per heavy atom. The number of nitrogens with one attached hydrogen (secondary N) is 1. The maximum absolute atomic E-state index is 12.4. The summed E-state index contributed by atoms with van der Waals surface area (Å²) in [6.45, 7) is 4.34. The first-order valence-electron chi connectivity index (χ1n) is 10.9. The van der Waals surface area contributed by atoms with Crippen LogP contribution in [0.3, 0.4) is 0 Å². The Morgan fingerprint density at radius 2 is 1.84 bits per heavy atom. The van der Waals surface area contributed by atoms with Crippen LogP contribution in [0.15, 0.2) is 78.3 Å². The minimum Gasteiger partial charge on any atom is -0.311 e. The van der Waals surface area contributed by atoms with E-state index in [1.54, 1.807) is 17.5 Å². The van der Waals surface area contributed by atoms with E-state index >= 15 is 0 Å². The zero-order chi connectivity index (χ0) is 22.3. The fourth-order valence-electron chi connectivity index (χ4n) is 3.68. The molecule has 5 heteroatoms. The Labute approximate surface area is 193 Å². The molecule has 2 aromatic heterocycles. The highest BCUT2D eigenvalue weighted by atomic mass is 32.1. The average Bonchev–Trinajstić information content (AvgIpc) is 3.29. The van der Waals surface area contributed by atoms with Crippen molar-refractivity contribution in [2.45, 2.75) is 39.0 Å². The molecule has 1 atom stereocenters. The van der Waals surface area contributed by atoms with E-state index in [4.69, 9.17) is 4.98 Å². The average molecular weight is 442 g/mol. The summed E-state index contributed by atoms with van der Waals surface area (Å²) in [6.07, 6.45) is 3.82. The van der Waals surface area contributed by atoms with Gasteiger partial charge in [-0.15, -0.1) is 11.3 Å². The molecule has 2 heterocycles. The van der Waals surface area contributed by atoms with Gasteiger partial charge in [-0.2, -0.15) is 0 Å². The lowest BCUT2D eigenvalue weighted by Crippen LogP contribution is -2.13. The van der Waals surface area contributed by atoms with E-state index in [9.17, 15) is 4.79 Å². The van der Waals surface area contributed by atoms with Crippen LogP contribution in [0, 0.1) is 6.92 Å². The number of rotatable bonds is 8. The van der Waals surface area contributed by atoms with E-state index in [2.05, 4.69) is 53.8 Å². The second-order valence-corrected chi connectivity index (χ2v) is 8.99. The first-order valence-corrected chi connectivity index (χ1v) is 11.8. The van der Waals surface area contributed by atoms with Crippen LogP contribution < -0.4 is 5.32 Å². The lowest BCUT2D eigenvalue weighted by Gasteiger charge is -2.09. The highest BCUT2D eigenvalue weighted by Crippen LogP contribution is 2.29. The van der Waals surface area contributed by atoms with Gasteiger partial charge < -0.3 is 5.32 Å². The lowest BCUT2D eigenvalue weighted by molar-refractivity contribution is -0.116. The van der Waals surface area contributed by atoms with Crippen LogP contribution in [0.25, 0.3) is 10.6 Å². The molecule has 0 saturated heterocycles. The molecule has 1 unspecified atom stereocenters. The summed E-state index contributed by atoms with van der Waals surface area (Å²) in [5.74, 6) is 0.857. The van der Waals surface area contributed by atoms with Gasteiger partial charge in [-0.3, -0.25) is 4.79 Å². The quantitative estimate of drug-likeness (QED) is 0.343. The number of carbonyl (C=O) groups excluding carboxylic acids is 1. The molecular weight excluding hydrogens is 414 g/mol. The molecule has 4 rings (SSSR count). The summed E-state index contributed by atoms with van der Waals surface area (Å²) in [5, 5.41) is 5.99. The van der Waals surface area contributed by atoms with Gasteiger partial charge in [0.25, 0.3) is 0 Å². The monoisotopic (exact) mass is 441 g/mol. The summed E-state index contributed by atoms with van der Waals surface area (Å²) >= 11 is 1.63. The first-order chi connectivity index (χ1) is 15.6. The molecule has 0 bridgehead atoms. The summed E-state index contributed by atoms with van der Waals surface area (Å²) in [7, 11) is 0. The maximum atomic E-state index is 12.4. The van der Waals surface area contributed by atoms with Crippen LogP contribution in [-0.4, -0.2) is 15.9 Å². The number of hydrogen-bond donors (Lipinski definition) is 1. The molecule has 162 valence electrons. The van der Waals surface area contributed by atoms with Crippen molar-refractivity contribution >= 4 is 23.1 Å². The fourth-order valence-corrected chi connectivity index (χ4v) is 4.62. The predicted molar refractivity (Wildman–Crippen MR) is 132 cm³/mol. The number of pyridine rings is 1. The highest BCUT2D eigenvalue weighted by molar-refractivity contribution is 7.13. The molecule has 1 N–H and O–H groups in total. The molecule has 0 fully saturated rings. The van der Waals surface area contributed by atoms with Crippen molar-refractivity contribution in [1.29, 1.82) is 0 Å². The van der Waals surface area contributed by atoms with Gasteiger partial charge in [0.05, 0.1) is 5.69 Å². The van der Waals surface area contributed by atoms with Crippen molar-refractivity contribution in [2.75, 3.05) is 5.32 Å². The number of benzene rings is 2. The van der Waals surface area contributed by atoms with Gasteiger partial charge in [-0.25, -0.2) is 9.97 Å². The van der Waals surface area contributed by atoms with Gasteiger partial charge in [-0.1, -0.05) is 67.1 Å². The van der Waals surface area contributed by atoms with E-state index in [0.29, 0.717) is 24.6 Å². The van der Waals surface area contributed by atoms with E-state index in [-0.39, 0.29) is 5.91 Å². The summed E-state index contributed by atoms with van der Waals surface area (Å²) < 4.78 is 0. The Kier molecular flexibility index (Phi) is 7.07. The molecule has 1 amide bonds. The minimum atomic E-state index is -0.0369. The van der Waals surface area contributed by atoms with Gasteiger partial charge in [0.2, 0.25) is 5.91 Å². The zero-order valence-electron chi connectivity index (χ0n) is 18.4. The van der Waals surface area contributed by atoms with Crippen LogP contribution in [0.1, 0.15) is 41.6 Å². The van der Waals surface area contributed by atoms with Gasteiger partial charge in [-0.05, 0) is 43.0 Å². The molecule has 0 aliphatic heterocycles. The van der Waals surface area contributed by atoms with Crippen LogP contribution in [-0.2, 0) is 17.6 Å². The highest BCUT2D eigenvalue weighted by Gasteiger charge is 2.13. The molecule has 4 aromatic rings. The topological polar surface area (TPSA) is 54.9 Å². The van der Waals surface area contributed by atoms with Crippen molar-refractivity contribution in [2.24, 2.45) is 0 Å². The molecule has 0 aliphatic rings. The third-order valence-corrected chi connectivity index (χ3v) is 6.32. The molecule has 2 aromatic carbocycles. The Balaban J connectivity index is 1.39. The minimum absolute atomic E-state index is 0.0369. The number of hydrogen-bond acceptors (Lipinski definition) is 4. The number of carbonyl (C=O) groups is 1. The zero-order valence-corrected chi connectivity index (χ0v) is 19.2. The van der Waals surface area contributed by atoms with Gasteiger partial charge in [0, 0.05) is 29.5 Å². The lowest BCUT2D eigenvalue weighted by atomic mass is 9.98. The van der Waals surface area contributed by atoms with E-state index in [0.717, 1.165) is 28.2 Å². The third-order valence-electron chi connectivity index (χ3n) is 5.41. The molecule has 0 spiro atoms. The number of thiazole rings is 1. The fraction of sp³-hybridized carbons (Fsp3) is 0.222. The number of aryl methyl sites for hydroxylation is 2. The number of anilines is 1. The first kappa shape index (κ1) is 21.9. The van der Waals surface area contributed by atoms with Crippen LogP contribution in [0.5, 0.6) is 0 Å². The molecule has 0 saturated carbocycles. The van der Waals surface area contributed by atoms with Gasteiger partial charge in [0.1, 0.15) is 10.8 Å². The van der Waals surface area contributed by atoms with Gasteiger partial charge >= 0.3 is 0 Å². The van der Waals surface area contributed by atoms with Gasteiger partial charge in [0.15, 0.2) is 0 Å². The maximum Gasteiger partial charge on any atom is 0.225 e. The Hall–Kier alpha value is -3.31. The summed E-state index contributed by atoms with van der Waals surface area (Å²) in [6, 6.07) is 22.5.